The summed E-state index contributed by atoms with van der Waals surface area (Å²) in [5, 5.41) is 0.136. The van der Waals surface area contributed by atoms with Gasteiger partial charge in [0.05, 0.1) is 0 Å². The van der Waals surface area contributed by atoms with E-state index in [1.807, 2.05) is 7.05 Å². The number of allylic oxidation sites excluding steroid dienone is 4. The molecule has 1 aliphatic heterocycles. The smallest absolute Gasteiger partial charge is 0.286 e. The third kappa shape index (κ3) is 1.64. The predicted molar refractivity (Wildman–Crippen MR) is 60.1 cm³/mol. The summed E-state index contributed by atoms with van der Waals surface area (Å²) in [5.74, 6) is 1.25. The number of hydrogen-bond acceptors (Lipinski definition) is 2. The fourth-order valence-corrected chi connectivity index (χ4v) is 2.37. The maximum Gasteiger partial charge on any atom is 0.286 e. The van der Waals surface area contributed by atoms with Crippen molar-refractivity contribution in [3.63, 3.8) is 0 Å². The molecule has 0 aromatic heterocycles. The lowest BCUT2D eigenvalue weighted by atomic mass is 10.1. The summed E-state index contributed by atoms with van der Waals surface area (Å²) in [6.07, 6.45) is 8.48. The molecule has 0 aromatic carbocycles. The minimum Gasteiger partial charge on any atom is -0.306 e. The molecule has 3 heteroatoms. The second-order valence-electron chi connectivity index (χ2n) is 3.60. The number of amides is 1. The van der Waals surface area contributed by atoms with Crippen LogP contribution in [0.2, 0.25) is 0 Å². The van der Waals surface area contributed by atoms with Gasteiger partial charge in [-0.3, -0.25) is 4.79 Å². The Bertz CT molecular complexity index is 354. The molecular weight excluding hydrogens is 194 g/mol. The van der Waals surface area contributed by atoms with E-state index in [1.165, 1.54) is 17.3 Å². The molecule has 1 heterocycles. The van der Waals surface area contributed by atoms with Crippen LogP contribution in [0.4, 0.5) is 4.79 Å². The number of likely N-dealkylation sites (N-methyl/N-ethyl adjacent to an activating group) is 1. The number of rotatable bonds is 0. The highest BCUT2D eigenvalue weighted by atomic mass is 32.2. The van der Waals surface area contributed by atoms with Crippen molar-refractivity contribution in [3.05, 3.63) is 35.6 Å². The molecule has 2 rings (SSSR count). The summed E-state index contributed by atoms with van der Waals surface area (Å²) < 4.78 is 0. The fraction of sp³-hybridized carbons (Fsp3) is 0.364. The third-order valence-corrected chi connectivity index (χ3v) is 3.45. The molecule has 0 saturated heterocycles. The molecule has 2 nitrogen and oxygen atoms in total. The number of hydrogen-bond donors (Lipinski definition) is 0. The summed E-state index contributed by atoms with van der Waals surface area (Å²) in [6, 6.07) is 0. The maximum atomic E-state index is 11.4. The summed E-state index contributed by atoms with van der Waals surface area (Å²) in [7, 11) is 1.83. The monoisotopic (exact) mass is 207 g/mol. The van der Waals surface area contributed by atoms with Gasteiger partial charge in [0.25, 0.3) is 5.24 Å². The topological polar surface area (TPSA) is 20.3 Å². The number of thioether (sulfide) groups is 1. The van der Waals surface area contributed by atoms with Gasteiger partial charge in [-0.1, -0.05) is 36.9 Å². The van der Waals surface area contributed by atoms with Crippen LogP contribution in [0, 0.1) is 5.92 Å². The Morgan fingerprint density at radius 1 is 1.43 bits per heavy atom. The Hall–Kier alpha value is -0.960. The van der Waals surface area contributed by atoms with Gasteiger partial charge in [0, 0.05) is 18.5 Å². The molecule has 0 spiro atoms. The average molecular weight is 207 g/mol. The molecule has 1 atom stereocenters. The van der Waals surface area contributed by atoms with Gasteiger partial charge in [-0.15, -0.1) is 0 Å². The van der Waals surface area contributed by atoms with Crippen LogP contribution >= 0.6 is 11.8 Å². The molecule has 0 radical (unpaired) electrons. The molecule has 2 aliphatic rings. The van der Waals surface area contributed by atoms with Crippen LogP contribution in [0.15, 0.2) is 35.6 Å². The van der Waals surface area contributed by atoms with Crippen LogP contribution in [0.5, 0.6) is 0 Å². The van der Waals surface area contributed by atoms with E-state index >= 15 is 0 Å². The van der Waals surface area contributed by atoms with Crippen molar-refractivity contribution in [1.29, 1.82) is 0 Å². The lowest BCUT2D eigenvalue weighted by Gasteiger charge is -2.24. The predicted octanol–water partition coefficient (Wildman–Crippen LogP) is 2.80. The zero-order chi connectivity index (χ0) is 10.1. The zero-order valence-electron chi connectivity index (χ0n) is 8.36. The fourth-order valence-electron chi connectivity index (χ4n) is 1.55. The summed E-state index contributed by atoms with van der Waals surface area (Å²) in [4.78, 5) is 13.2. The van der Waals surface area contributed by atoms with E-state index in [-0.39, 0.29) is 5.24 Å². The number of carbonyl (C=O) groups excluding carboxylic acids is 1. The molecule has 74 valence electrons. The number of nitrogens with zero attached hydrogens (tertiary/aromatic N) is 1. The summed E-state index contributed by atoms with van der Waals surface area (Å²) >= 11 is 1.37. The minimum atomic E-state index is 0.136. The van der Waals surface area contributed by atoms with Gasteiger partial charge in [0.15, 0.2) is 0 Å². The highest BCUT2D eigenvalue weighted by molar-refractivity contribution is 8.13. The van der Waals surface area contributed by atoms with Crippen LogP contribution in [0.3, 0.4) is 0 Å². The van der Waals surface area contributed by atoms with Gasteiger partial charge in [0.2, 0.25) is 0 Å². The SMILES string of the molecule is CC1C=CC2=C(C=C1)N(C)C(=O)SC2. The van der Waals surface area contributed by atoms with Crippen molar-refractivity contribution in [2.24, 2.45) is 5.92 Å². The summed E-state index contributed by atoms with van der Waals surface area (Å²) in [5.41, 5.74) is 2.30. The van der Waals surface area contributed by atoms with E-state index in [0.717, 1.165) is 11.4 Å². The molecule has 14 heavy (non-hydrogen) atoms. The average Bonchev–Trinajstić information content (AvgIpc) is 2.35. The van der Waals surface area contributed by atoms with E-state index in [4.69, 9.17) is 0 Å². The van der Waals surface area contributed by atoms with E-state index < -0.39 is 0 Å². The van der Waals surface area contributed by atoms with Crippen LogP contribution in [0.25, 0.3) is 0 Å². The Morgan fingerprint density at radius 3 is 2.93 bits per heavy atom. The first-order valence-corrected chi connectivity index (χ1v) is 5.67. The van der Waals surface area contributed by atoms with Gasteiger partial charge >= 0.3 is 0 Å². The first-order valence-electron chi connectivity index (χ1n) is 4.68. The van der Waals surface area contributed by atoms with Crippen LogP contribution in [-0.2, 0) is 0 Å². The van der Waals surface area contributed by atoms with E-state index in [2.05, 4.69) is 31.2 Å². The quantitative estimate of drug-likeness (QED) is 0.608. The molecule has 0 saturated carbocycles. The Labute approximate surface area is 88.4 Å². The lowest BCUT2D eigenvalue weighted by molar-refractivity contribution is 0.243. The molecule has 0 aromatic rings. The second-order valence-corrected chi connectivity index (χ2v) is 4.53. The largest absolute Gasteiger partial charge is 0.306 e. The third-order valence-electron chi connectivity index (χ3n) is 2.47. The molecule has 1 unspecified atom stereocenters. The number of carbonyl (C=O) groups is 1. The first-order chi connectivity index (χ1) is 6.68. The highest BCUT2D eigenvalue weighted by Crippen LogP contribution is 2.29. The highest BCUT2D eigenvalue weighted by Gasteiger charge is 2.22. The van der Waals surface area contributed by atoms with Crippen molar-refractivity contribution >= 4 is 17.0 Å². The molecule has 0 bridgehead atoms. The maximum absolute atomic E-state index is 11.4. The van der Waals surface area contributed by atoms with Crippen molar-refractivity contribution in [2.75, 3.05) is 12.8 Å². The van der Waals surface area contributed by atoms with Crippen LogP contribution < -0.4 is 0 Å². The molecule has 1 amide bonds. The van der Waals surface area contributed by atoms with Crippen LogP contribution in [0.1, 0.15) is 6.92 Å². The first kappa shape index (κ1) is 9.59. The van der Waals surface area contributed by atoms with Gasteiger partial charge < -0.3 is 4.90 Å². The molecular formula is C11H13NOS. The Morgan fingerprint density at radius 2 is 2.14 bits per heavy atom. The van der Waals surface area contributed by atoms with Crippen molar-refractivity contribution in [2.45, 2.75) is 6.92 Å². The van der Waals surface area contributed by atoms with E-state index in [0.29, 0.717) is 5.92 Å². The zero-order valence-corrected chi connectivity index (χ0v) is 9.17. The standard InChI is InChI=1S/C11H13NOS/c1-8-3-5-9-7-14-11(13)12(2)10(9)6-4-8/h3-6,8H,7H2,1-2H3. The molecule has 1 aliphatic carbocycles. The van der Waals surface area contributed by atoms with Crippen LogP contribution in [-0.4, -0.2) is 22.9 Å². The van der Waals surface area contributed by atoms with Crippen molar-refractivity contribution < 1.29 is 4.79 Å². The van der Waals surface area contributed by atoms with Gasteiger partial charge in [0.1, 0.15) is 0 Å². The molecule has 0 N–H and O–H groups in total. The lowest BCUT2D eigenvalue weighted by Crippen LogP contribution is -2.26. The summed E-state index contributed by atoms with van der Waals surface area (Å²) in [6.45, 7) is 2.14. The minimum absolute atomic E-state index is 0.136. The van der Waals surface area contributed by atoms with Gasteiger partial charge in [-0.25, -0.2) is 0 Å². The normalized spacial score (nSPS) is 26.6. The van der Waals surface area contributed by atoms with Crippen molar-refractivity contribution in [1.82, 2.24) is 4.90 Å². The Balaban J connectivity index is 2.39. The van der Waals surface area contributed by atoms with E-state index in [9.17, 15) is 4.79 Å². The van der Waals surface area contributed by atoms with Crippen molar-refractivity contribution in [3.8, 4) is 0 Å². The Kier molecular flexibility index (Phi) is 2.50. The van der Waals surface area contributed by atoms with Gasteiger partial charge in [-0.05, 0) is 17.6 Å². The second kappa shape index (κ2) is 3.65. The van der Waals surface area contributed by atoms with Gasteiger partial charge in [-0.2, -0.15) is 0 Å². The van der Waals surface area contributed by atoms with E-state index in [1.54, 1.807) is 4.90 Å². The molecule has 0 fully saturated rings.